The topological polar surface area (TPSA) is 12.0 Å². The van der Waals surface area contributed by atoms with Gasteiger partial charge in [-0.3, -0.25) is 0 Å². The molecular weight excluding hydrogens is 170 g/mol. The average Bonchev–Trinajstić information content (AvgIpc) is 2.14. The fraction of sp³-hybridized carbons (Fsp3) is 1.00. The van der Waals surface area contributed by atoms with Crippen LogP contribution in [0.4, 0.5) is 0 Å². The molecule has 1 N–H and O–H groups in total. The molecule has 0 aliphatic heterocycles. The molecule has 2 unspecified atom stereocenters. The second-order valence-corrected chi connectivity index (χ2v) is 4.79. The summed E-state index contributed by atoms with van der Waals surface area (Å²) in [5, 5.41) is 3.62. The Labute approximate surface area is 90.7 Å². The molecule has 0 saturated carbocycles. The summed E-state index contributed by atoms with van der Waals surface area (Å²) < 4.78 is 0. The van der Waals surface area contributed by atoms with Gasteiger partial charge in [0.1, 0.15) is 0 Å². The van der Waals surface area contributed by atoms with Gasteiger partial charge in [0.2, 0.25) is 0 Å². The van der Waals surface area contributed by atoms with Crippen molar-refractivity contribution in [2.24, 2.45) is 11.8 Å². The highest BCUT2D eigenvalue weighted by Crippen LogP contribution is 2.21. The van der Waals surface area contributed by atoms with E-state index in [0.717, 1.165) is 18.4 Å². The Morgan fingerprint density at radius 2 is 1.64 bits per heavy atom. The number of hydrogen-bond acceptors (Lipinski definition) is 1. The minimum atomic E-state index is 0.682. The molecule has 0 fully saturated rings. The van der Waals surface area contributed by atoms with Crippen molar-refractivity contribution in [2.45, 2.75) is 66.3 Å². The van der Waals surface area contributed by atoms with Crippen LogP contribution in [0.15, 0.2) is 0 Å². The number of hydrogen-bond donors (Lipinski definition) is 1. The van der Waals surface area contributed by atoms with Crippen molar-refractivity contribution in [3.05, 3.63) is 0 Å². The van der Waals surface area contributed by atoms with Gasteiger partial charge >= 0.3 is 0 Å². The van der Waals surface area contributed by atoms with E-state index in [1.54, 1.807) is 0 Å². The predicted molar refractivity (Wildman–Crippen MR) is 65.6 cm³/mol. The zero-order valence-corrected chi connectivity index (χ0v) is 10.8. The van der Waals surface area contributed by atoms with E-state index in [0.29, 0.717) is 6.04 Å². The van der Waals surface area contributed by atoms with Crippen molar-refractivity contribution in [3.63, 3.8) is 0 Å². The van der Waals surface area contributed by atoms with Crippen LogP contribution in [0.3, 0.4) is 0 Å². The molecule has 0 aromatic heterocycles. The van der Waals surface area contributed by atoms with Gasteiger partial charge in [-0.25, -0.2) is 0 Å². The van der Waals surface area contributed by atoms with Gasteiger partial charge in [0, 0.05) is 6.04 Å². The van der Waals surface area contributed by atoms with Gasteiger partial charge in [-0.2, -0.15) is 0 Å². The van der Waals surface area contributed by atoms with Gasteiger partial charge in [0.25, 0.3) is 0 Å². The summed E-state index contributed by atoms with van der Waals surface area (Å²) >= 11 is 0. The maximum absolute atomic E-state index is 3.62. The summed E-state index contributed by atoms with van der Waals surface area (Å²) in [6.07, 6.45) is 5.32. The molecule has 1 nitrogen and oxygen atoms in total. The minimum absolute atomic E-state index is 0.682. The van der Waals surface area contributed by atoms with Gasteiger partial charge in [0.15, 0.2) is 0 Å². The van der Waals surface area contributed by atoms with Crippen molar-refractivity contribution >= 4 is 0 Å². The molecule has 14 heavy (non-hydrogen) atoms. The first-order valence-corrected chi connectivity index (χ1v) is 6.36. The molecule has 0 spiro atoms. The molecule has 0 aromatic carbocycles. The van der Waals surface area contributed by atoms with E-state index in [1.807, 2.05) is 0 Å². The summed E-state index contributed by atoms with van der Waals surface area (Å²) in [6, 6.07) is 0.682. The summed E-state index contributed by atoms with van der Waals surface area (Å²) in [5.41, 5.74) is 0. The first-order chi connectivity index (χ1) is 6.63. The fourth-order valence-electron chi connectivity index (χ4n) is 2.12. The van der Waals surface area contributed by atoms with E-state index < -0.39 is 0 Å². The van der Waals surface area contributed by atoms with Crippen LogP contribution in [0.1, 0.15) is 60.3 Å². The van der Waals surface area contributed by atoms with Crippen LogP contribution in [0, 0.1) is 11.8 Å². The highest BCUT2D eigenvalue weighted by molar-refractivity contribution is 4.74. The zero-order chi connectivity index (χ0) is 11.0. The monoisotopic (exact) mass is 199 g/mol. The van der Waals surface area contributed by atoms with Crippen LogP contribution in [-0.2, 0) is 0 Å². The van der Waals surface area contributed by atoms with Crippen molar-refractivity contribution in [2.75, 3.05) is 6.54 Å². The van der Waals surface area contributed by atoms with Crippen LogP contribution in [0.25, 0.3) is 0 Å². The molecule has 0 bridgehead atoms. The van der Waals surface area contributed by atoms with Gasteiger partial charge < -0.3 is 5.32 Å². The Morgan fingerprint density at radius 3 is 2.07 bits per heavy atom. The quantitative estimate of drug-likeness (QED) is 0.626. The van der Waals surface area contributed by atoms with Gasteiger partial charge in [-0.1, -0.05) is 40.5 Å². The molecular formula is C13H29N. The normalized spacial score (nSPS) is 15.9. The molecule has 0 saturated heterocycles. The molecule has 0 heterocycles. The maximum Gasteiger partial charge on any atom is 0.00694 e. The lowest BCUT2D eigenvalue weighted by Crippen LogP contribution is -2.36. The van der Waals surface area contributed by atoms with Crippen LogP contribution in [-0.4, -0.2) is 12.6 Å². The molecule has 86 valence electrons. The van der Waals surface area contributed by atoms with E-state index >= 15 is 0 Å². The van der Waals surface area contributed by atoms with Crippen LogP contribution in [0.2, 0.25) is 0 Å². The Morgan fingerprint density at radius 1 is 1.00 bits per heavy atom. The maximum atomic E-state index is 3.62. The molecule has 1 heteroatoms. The standard InChI is InChI=1S/C13H29N/c1-6-8-9-13(11(3)4)12(5)14-10-7-2/h11-14H,6-10H2,1-5H3. The molecule has 0 aromatic rings. The molecule has 0 rings (SSSR count). The summed E-state index contributed by atoms with van der Waals surface area (Å²) in [5.74, 6) is 1.66. The van der Waals surface area contributed by atoms with Gasteiger partial charge in [0.05, 0.1) is 0 Å². The summed E-state index contributed by atoms with van der Waals surface area (Å²) in [6.45, 7) is 12.7. The third-order valence-electron chi connectivity index (χ3n) is 3.11. The largest absolute Gasteiger partial charge is 0.314 e. The Bertz CT molecular complexity index is 120. The van der Waals surface area contributed by atoms with E-state index in [4.69, 9.17) is 0 Å². The first-order valence-electron chi connectivity index (χ1n) is 6.36. The van der Waals surface area contributed by atoms with Crippen molar-refractivity contribution < 1.29 is 0 Å². The number of rotatable bonds is 8. The predicted octanol–water partition coefficient (Wildman–Crippen LogP) is 3.84. The van der Waals surface area contributed by atoms with E-state index in [-0.39, 0.29) is 0 Å². The van der Waals surface area contributed by atoms with Crippen molar-refractivity contribution in [1.82, 2.24) is 5.32 Å². The average molecular weight is 199 g/mol. The van der Waals surface area contributed by atoms with Crippen molar-refractivity contribution in [3.8, 4) is 0 Å². The molecule has 0 aliphatic carbocycles. The third-order valence-corrected chi connectivity index (χ3v) is 3.11. The highest BCUT2D eigenvalue weighted by atomic mass is 14.9. The molecule has 0 aliphatic rings. The third kappa shape index (κ3) is 5.64. The van der Waals surface area contributed by atoms with Crippen LogP contribution < -0.4 is 5.32 Å². The van der Waals surface area contributed by atoms with E-state index in [2.05, 4.69) is 39.9 Å². The van der Waals surface area contributed by atoms with Gasteiger partial charge in [-0.15, -0.1) is 0 Å². The van der Waals surface area contributed by atoms with Crippen molar-refractivity contribution in [1.29, 1.82) is 0 Å². The van der Waals surface area contributed by atoms with E-state index in [9.17, 15) is 0 Å². The second-order valence-electron chi connectivity index (χ2n) is 4.79. The highest BCUT2D eigenvalue weighted by Gasteiger charge is 2.19. The molecule has 0 amide bonds. The van der Waals surface area contributed by atoms with Crippen LogP contribution >= 0.6 is 0 Å². The Hall–Kier alpha value is -0.0400. The molecule has 2 atom stereocenters. The molecule has 0 radical (unpaired) electrons. The van der Waals surface area contributed by atoms with E-state index in [1.165, 1.54) is 25.7 Å². The zero-order valence-electron chi connectivity index (χ0n) is 10.8. The van der Waals surface area contributed by atoms with Gasteiger partial charge in [-0.05, 0) is 38.1 Å². The smallest absolute Gasteiger partial charge is 0.00694 e. The lowest BCUT2D eigenvalue weighted by Gasteiger charge is -2.28. The fourth-order valence-corrected chi connectivity index (χ4v) is 2.12. The van der Waals surface area contributed by atoms with Crippen LogP contribution in [0.5, 0.6) is 0 Å². The SMILES string of the molecule is CCCCC(C(C)C)C(C)NCCC. The lowest BCUT2D eigenvalue weighted by molar-refractivity contribution is 0.268. The minimum Gasteiger partial charge on any atom is -0.314 e. The summed E-state index contributed by atoms with van der Waals surface area (Å²) in [4.78, 5) is 0. The Kier molecular flexibility index (Phi) is 8.26. The summed E-state index contributed by atoms with van der Waals surface area (Å²) in [7, 11) is 0. The number of nitrogens with one attached hydrogen (secondary N) is 1. The lowest BCUT2D eigenvalue weighted by atomic mass is 9.85. The Balaban J connectivity index is 3.91. The first kappa shape index (κ1) is 14.0. The second kappa shape index (κ2) is 8.28. The number of unbranched alkanes of at least 4 members (excludes halogenated alkanes) is 1.